The molecule has 2 saturated heterocycles. The monoisotopic (exact) mass is 733 g/mol. The predicted octanol–water partition coefficient (Wildman–Crippen LogP) is 2.76. The van der Waals surface area contributed by atoms with Crippen molar-refractivity contribution >= 4 is 17.6 Å². The molecule has 0 aromatic heterocycles. The first kappa shape index (κ1) is 29.2. The number of Topliss-reactive ketones (excluding diaryl/α,β-unsaturated/α-hetero) is 1. The molecular formula is C25H32F3N3O4U. The third kappa shape index (κ3) is 5.85. The van der Waals surface area contributed by atoms with Crippen LogP contribution in [0.5, 0.6) is 0 Å². The van der Waals surface area contributed by atoms with Gasteiger partial charge in [0.05, 0.1) is 6.04 Å². The standard InChI is InChI=1S/C25H32F3N3O4.U/c1-25(28,17-5-3-6-18(27)11-17)24(34)30-13-16-4-2-7-19(16)21(30)14-31(35)20(22(32)12-26)10-15-8-9-29-23(15)33;/h3,5-6,11,15-16,19-21,35H,2,4,7-10,12-14H2,1H3,(H,29,33);/t15?,16?,19?,20?,21-,25?;/m1./s1. The molecule has 6 atom stereocenters. The second-order valence-electron chi connectivity index (χ2n) is 10.1. The summed E-state index contributed by atoms with van der Waals surface area (Å²) in [6.45, 7) is 0.382. The van der Waals surface area contributed by atoms with Gasteiger partial charge in [-0.2, -0.15) is 5.06 Å². The average Bonchev–Trinajstić information content (AvgIpc) is 3.54. The number of alkyl halides is 2. The van der Waals surface area contributed by atoms with Gasteiger partial charge in [0.2, 0.25) is 11.6 Å². The summed E-state index contributed by atoms with van der Waals surface area (Å²) in [5, 5.41) is 14.3. The Bertz CT molecular complexity index is 982. The van der Waals surface area contributed by atoms with E-state index < -0.39 is 47.9 Å². The van der Waals surface area contributed by atoms with E-state index in [4.69, 9.17) is 0 Å². The van der Waals surface area contributed by atoms with Crippen molar-refractivity contribution in [2.75, 3.05) is 26.3 Å². The molecule has 2 N–H and O–H groups in total. The van der Waals surface area contributed by atoms with E-state index in [2.05, 4.69) is 5.32 Å². The first-order valence-corrected chi connectivity index (χ1v) is 12.2. The first-order valence-electron chi connectivity index (χ1n) is 12.2. The Morgan fingerprint density at radius 1 is 1.31 bits per heavy atom. The van der Waals surface area contributed by atoms with Gasteiger partial charge in [-0.1, -0.05) is 18.6 Å². The number of carbonyl (C=O) groups is 3. The van der Waals surface area contributed by atoms with Crippen LogP contribution in [-0.4, -0.2) is 71.2 Å². The van der Waals surface area contributed by atoms with E-state index in [-0.39, 0.29) is 67.4 Å². The third-order valence-electron chi connectivity index (χ3n) is 7.98. The number of likely N-dealkylation sites (tertiary alicyclic amines) is 1. The van der Waals surface area contributed by atoms with Crippen LogP contribution in [0.1, 0.15) is 44.6 Å². The molecule has 0 spiro atoms. The zero-order valence-corrected chi connectivity index (χ0v) is 24.4. The van der Waals surface area contributed by atoms with Crippen LogP contribution < -0.4 is 5.32 Å². The zero-order valence-electron chi connectivity index (χ0n) is 20.3. The van der Waals surface area contributed by atoms with Crippen molar-refractivity contribution in [3.8, 4) is 0 Å². The quantitative estimate of drug-likeness (QED) is 0.382. The Kier molecular flexibility index (Phi) is 9.70. The SMILES string of the molecule is CC(F)(C(=O)N1CC2CCCC2[C@H]1CN(O)C(CC1CCNC1=O)C(=O)CF)c1cccc(F)c1.[U]. The number of ketones is 1. The van der Waals surface area contributed by atoms with Crippen molar-refractivity contribution in [1.29, 1.82) is 0 Å². The van der Waals surface area contributed by atoms with Crippen LogP contribution in [0.25, 0.3) is 0 Å². The van der Waals surface area contributed by atoms with Gasteiger partial charge in [0.15, 0.2) is 5.78 Å². The molecule has 2 amide bonds. The van der Waals surface area contributed by atoms with E-state index >= 15 is 4.39 Å². The average molecular weight is 734 g/mol. The van der Waals surface area contributed by atoms with Crippen LogP contribution in [0.3, 0.4) is 0 Å². The normalized spacial score (nSPS) is 27.8. The summed E-state index contributed by atoms with van der Waals surface area (Å²) in [7, 11) is 0. The van der Waals surface area contributed by atoms with Crippen molar-refractivity contribution < 1.29 is 63.9 Å². The molecule has 1 aromatic rings. The zero-order chi connectivity index (χ0) is 25.3. The summed E-state index contributed by atoms with van der Waals surface area (Å²) in [4.78, 5) is 39.2. The van der Waals surface area contributed by atoms with E-state index in [0.717, 1.165) is 37.3 Å². The fourth-order valence-electron chi connectivity index (χ4n) is 6.03. The maximum absolute atomic E-state index is 15.8. The van der Waals surface area contributed by atoms with E-state index in [1.54, 1.807) is 0 Å². The maximum Gasteiger partial charge on any atom is 0.264 e. The number of fused-ring (bicyclic) bond motifs is 1. The van der Waals surface area contributed by atoms with Crippen LogP contribution >= 0.6 is 0 Å². The smallest absolute Gasteiger partial charge is 0.264 e. The van der Waals surface area contributed by atoms with Crippen LogP contribution in [0, 0.1) is 54.7 Å². The summed E-state index contributed by atoms with van der Waals surface area (Å²) in [5.74, 6) is -2.98. The minimum Gasteiger partial charge on any atom is -0.356 e. The van der Waals surface area contributed by atoms with Gasteiger partial charge in [0.1, 0.15) is 12.5 Å². The Balaban J connectivity index is 0.00000361. The third-order valence-corrected chi connectivity index (χ3v) is 7.98. The Morgan fingerprint density at radius 2 is 2.06 bits per heavy atom. The number of rotatable bonds is 9. The van der Waals surface area contributed by atoms with Gasteiger partial charge in [0.25, 0.3) is 5.91 Å². The minimum absolute atomic E-state index is 0. The maximum atomic E-state index is 15.8. The molecule has 2 heterocycles. The largest absolute Gasteiger partial charge is 0.356 e. The molecule has 1 aliphatic carbocycles. The van der Waals surface area contributed by atoms with Gasteiger partial charge in [-0.15, -0.1) is 0 Å². The van der Waals surface area contributed by atoms with Gasteiger partial charge in [0, 0.05) is 68.3 Å². The number of carbonyl (C=O) groups excluding carboxylic acids is 3. The summed E-state index contributed by atoms with van der Waals surface area (Å²) < 4.78 is 42.9. The predicted molar refractivity (Wildman–Crippen MR) is 120 cm³/mol. The number of benzene rings is 1. The van der Waals surface area contributed by atoms with Gasteiger partial charge < -0.3 is 15.4 Å². The Labute approximate surface area is 232 Å². The topological polar surface area (TPSA) is 89.9 Å². The molecule has 3 aliphatic rings. The molecule has 3 fully saturated rings. The molecule has 11 heteroatoms. The fraction of sp³-hybridized carbons (Fsp3) is 0.640. The van der Waals surface area contributed by atoms with Crippen molar-refractivity contribution in [3.05, 3.63) is 35.6 Å². The number of nitrogens with zero attached hydrogens (tertiary/aromatic N) is 2. The molecular weight excluding hydrogens is 701 g/mol. The van der Waals surface area contributed by atoms with Crippen molar-refractivity contribution in [3.63, 3.8) is 0 Å². The molecule has 1 saturated carbocycles. The number of halogens is 3. The van der Waals surface area contributed by atoms with E-state index in [1.807, 2.05) is 0 Å². The van der Waals surface area contributed by atoms with Crippen molar-refractivity contribution in [2.24, 2.45) is 17.8 Å². The fourth-order valence-corrected chi connectivity index (χ4v) is 6.03. The summed E-state index contributed by atoms with van der Waals surface area (Å²) in [6.07, 6.45) is 3.02. The van der Waals surface area contributed by atoms with Crippen LogP contribution in [0.15, 0.2) is 24.3 Å². The van der Waals surface area contributed by atoms with Gasteiger partial charge in [-0.25, -0.2) is 13.2 Å². The first-order chi connectivity index (χ1) is 16.6. The van der Waals surface area contributed by atoms with Gasteiger partial charge in [-0.3, -0.25) is 14.4 Å². The minimum atomic E-state index is -2.49. The van der Waals surface area contributed by atoms with Crippen LogP contribution in [-0.2, 0) is 20.1 Å². The molecule has 4 rings (SSSR count). The van der Waals surface area contributed by atoms with E-state index in [0.29, 0.717) is 19.5 Å². The molecule has 0 radical (unpaired) electrons. The summed E-state index contributed by atoms with van der Waals surface area (Å²) >= 11 is 0. The second-order valence-corrected chi connectivity index (χ2v) is 10.1. The number of hydroxylamine groups is 2. The molecule has 1 aromatic carbocycles. The van der Waals surface area contributed by atoms with Crippen LogP contribution in [0.2, 0.25) is 0 Å². The molecule has 36 heavy (non-hydrogen) atoms. The molecule has 0 bridgehead atoms. The summed E-state index contributed by atoms with van der Waals surface area (Å²) in [5.41, 5.74) is -2.59. The molecule has 7 nitrogen and oxygen atoms in total. The number of nitrogens with one attached hydrogen (secondary N) is 1. The van der Waals surface area contributed by atoms with E-state index in [9.17, 15) is 28.4 Å². The van der Waals surface area contributed by atoms with E-state index in [1.165, 1.54) is 23.1 Å². The second kappa shape index (κ2) is 12.0. The molecule has 5 unspecified atom stereocenters. The van der Waals surface area contributed by atoms with Crippen LogP contribution in [0.4, 0.5) is 13.2 Å². The Morgan fingerprint density at radius 3 is 2.69 bits per heavy atom. The Hall–Kier alpha value is -1.41. The number of amides is 2. The van der Waals surface area contributed by atoms with Crippen molar-refractivity contribution in [2.45, 2.75) is 56.8 Å². The van der Waals surface area contributed by atoms with Gasteiger partial charge in [-0.05, 0) is 56.6 Å². The van der Waals surface area contributed by atoms with Gasteiger partial charge >= 0.3 is 0 Å². The number of hydrogen-bond donors (Lipinski definition) is 2. The van der Waals surface area contributed by atoms with Crippen molar-refractivity contribution in [1.82, 2.24) is 15.3 Å². The summed E-state index contributed by atoms with van der Waals surface area (Å²) in [6, 6.07) is 3.01. The molecule has 2 aliphatic heterocycles. The number of hydrogen-bond acceptors (Lipinski definition) is 5. The molecule has 196 valence electrons.